The average Bonchev–Trinajstić information content (AvgIpc) is 3.88. The number of aromatic carboxylic acids is 1. The third-order valence-electron chi connectivity index (χ3n) is 6.94. The van der Waals surface area contributed by atoms with Gasteiger partial charge in [-0.1, -0.05) is 29.3 Å². The second-order valence-electron chi connectivity index (χ2n) is 10.3. The van der Waals surface area contributed by atoms with E-state index in [1.165, 1.54) is 48.8 Å². The summed E-state index contributed by atoms with van der Waals surface area (Å²) in [7, 11) is 0. The van der Waals surface area contributed by atoms with Crippen LogP contribution >= 0.6 is 23.2 Å². The van der Waals surface area contributed by atoms with Crippen LogP contribution in [0, 0.1) is 11.8 Å². The van der Waals surface area contributed by atoms with E-state index in [0.29, 0.717) is 36.2 Å². The molecule has 1 N–H and O–H groups in total. The number of nitrogens with zero attached hydrogens (tertiary/aromatic N) is 1. The van der Waals surface area contributed by atoms with Crippen LogP contribution in [0.1, 0.15) is 63.6 Å². The smallest absolute Gasteiger partial charge is 0.387 e. The molecular formula is C30H27Cl2F2NO7. The van der Waals surface area contributed by atoms with Crippen molar-refractivity contribution in [1.82, 2.24) is 4.98 Å². The second kappa shape index (κ2) is 13.1. The molecule has 0 bridgehead atoms. The molecule has 42 heavy (non-hydrogen) atoms. The fourth-order valence-corrected chi connectivity index (χ4v) is 4.72. The van der Waals surface area contributed by atoms with E-state index in [1.54, 1.807) is 0 Å². The number of esters is 1. The summed E-state index contributed by atoms with van der Waals surface area (Å²) in [5.41, 5.74) is 0.845. The van der Waals surface area contributed by atoms with Gasteiger partial charge in [0.1, 0.15) is 17.4 Å². The number of hydrogen-bond acceptors (Lipinski definition) is 7. The molecular weight excluding hydrogens is 595 g/mol. The first-order valence-corrected chi connectivity index (χ1v) is 14.1. The third kappa shape index (κ3) is 7.80. The summed E-state index contributed by atoms with van der Waals surface area (Å²) in [6.07, 6.45) is 5.78. The zero-order valence-electron chi connectivity index (χ0n) is 22.2. The Hall–Kier alpha value is -3.63. The van der Waals surface area contributed by atoms with E-state index in [2.05, 4.69) is 9.72 Å². The largest absolute Gasteiger partial charge is 0.492 e. The van der Waals surface area contributed by atoms with Crippen molar-refractivity contribution in [3.05, 3.63) is 81.1 Å². The molecule has 0 saturated heterocycles. The highest BCUT2D eigenvalue weighted by molar-refractivity contribution is 6.35. The molecule has 8 nitrogen and oxygen atoms in total. The molecule has 3 aromatic rings. The van der Waals surface area contributed by atoms with Crippen LogP contribution in [0.2, 0.25) is 10.0 Å². The van der Waals surface area contributed by atoms with Gasteiger partial charge in [0.25, 0.3) is 0 Å². The fraction of sp³-hybridized carbons (Fsp3) is 0.367. The van der Waals surface area contributed by atoms with Gasteiger partial charge in [-0.05, 0) is 79.0 Å². The highest BCUT2D eigenvalue weighted by Gasteiger charge is 2.27. The van der Waals surface area contributed by atoms with Gasteiger partial charge in [-0.15, -0.1) is 0 Å². The summed E-state index contributed by atoms with van der Waals surface area (Å²) in [6, 6.07) is 8.25. The highest BCUT2D eigenvalue weighted by Crippen LogP contribution is 2.38. The van der Waals surface area contributed by atoms with Crippen molar-refractivity contribution >= 4 is 35.1 Å². The van der Waals surface area contributed by atoms with Crippen LogP contribution in [0.4, 0.5) is 8.78 Å². The number of halogens is 4. The van der Waals surface area contributed by atoms with Crippen LogP contribution in [0.3, 0.4) is 0 Å². The van der Waals surface area contributed by atoms with E-state index >= 15 is 0 Å². The minimum Gasteiger partial charge on any atom is -0.492 e. The van der Waals surface area contributed by atoms with Crippen molar-refractivity contribution in [2.24, 2.45) is 11.8 Å². The number of carbonyl (C=O) groups is 2. The van der Waals surface area contributed by atoms with E-state index in [-0.39, 0.29) is 44.8 Å². The highest BCUT2D eigenvalue weighted by atomic mass is 35.5. The van der Waals surface area contributed by atoms with Crippen LogP contribution in [-0.2, 0) is 11.2 Å². The number of rotatable bonds is 14. The normalized spacial score (nSPS) is 15.3. The number of alkyl halides is 2. The van der Waals surface area contributed by atoms with Crippen LogP contribution in [0.5, 0.6) is 17.2 Å². The lowest BCUT2D eigenvalue weighted by atomic mass is 10.0. The van der Waals surface area contributed by atoms with Gasteiger partial charge in [-0.2, -0.15) is 8.78 Å². The Morgan fingerprint density at radius 3 is 2.14 bits per heavy atom. The van der Waals surface area contributed by atoms with Crippen molar-refractivity contribution in [1.29, 1.82) is 0 Å². The first-order chi connectivity index (χ1) is 20.2. The lowest BCUT2D eigenvalue weighted by Crippen LogP contribution is -2.16. The standard InChI is InChI=1S/C30H27Cl2F2NO7/c31-22-12-35-13-23(32)21(22)11-25(18-6-8-24(42-30(33)34)27(9-18)40-15-17-3-4-17)41-29(38)19-5-7-20(28(36)37)26(10-19)39-14-16-1-2-16/h5-10,12-13,16-17,25,30H,1-4,11,14-15H2,(H,36,37)/t25-/m0/s1. The number of hydrogen-bond donors (Lipinski definition) is 1. The summed E-state index contributed by atoms with van der Waals surface area (Å²) < 4.78 is 48.3. The van der Waals surface area contributed by atoms with Gasteiger partial charge in [0.05, 0.1) is 28.8 Å². The molecule has 2 aromatic carbocycles. The van der Waals surface area contributed by atoms with E-state index < -0.39 is 24.7 Å². The molecule has 0 spiro atoms. The minimum absolute atomic E-state index is 0.0152. The zero-order chi connectivity index (χ0) is 29.8. The number of carboxylic acids is 1. The molecule has 0 amide bonds. The maximum Gasteiger partial charge on any atom is 0.387 e. The van der Waals surface area contributed by atoms with Crippen LogP contribution in [-0.4, -0.2) is 41.9 Å². The van der Waals surface area contributed by atoms with Crippen LogP contribution < -0.4 is 14.2 Å². The van der Waals surface area contributed by atoms with Gasteiger partial charge in [-0.3, -0.25) is 4.98 Å². The third-order valence-corrected chi connectivity index (χ3v) is 7.59. The van der Waals surface area contributed by atoms with Crippen LogP contribution in [0.15, 0.2) is 48.8 Å². The molecule has 2 saturated carbocycles. The molecule has 2 aliphatic rings. The summed E-state index contributed by atoms with van der Waals surface area (Å²) in [5.74, 6) is -1.29. The van der Waals surface area contributed by atoms with E-state index in [0.717, 1.165) is 25.7 Å². The van der Waals surface area contributed by atoms with Gasteiger partial charge in [0.15, 0.2) is 11.5 Å². The lowest BCUT2D eigenvalue weighted by Gasteiger charge is -2.22. The molecule has 2 fully saturated rings. The molecule has 222 valence electrons. The maximum atomic E-state index is 13.4. The summed E-state index contributed by atoms with van der Waals surface area (Å²) in [6.45, 7) is -2.39. The molecule has 2 aliphatic carbocycles. The Bertz CT molecular complexity index is 1440. The Balaban J connectivity index is 1.46. The minimum atomic E-state index is -3.06. The quantitative estimate of drug-likeness (QED) is 0.186. The van der Waals surface area contributed by atoms with Gasteiger partial charge in [-0.25, -0.2) is 9.59 Å². The summed E-state index contributed by atoms with van der Waals surface area (Å²) >= 11 is 12.7. The lowest BCUT2D eigenvalue weighted by molar-refractivity contribution is -0.0515. The Morgan fingerprint density at radius 1 is 0.905 bits per heavy atom. The number of ether oxygens (including phenoxy) is 4. The summed E-state index contributed by atoms with van der Waals surface area (Å²) in [5, 5.41) is 10.1. The molecule has 12 heteroatoms. The molecule has 1 heterocycles. The van der Waals surface area contributed by atoms with Crippen molar-refractivity contribution in [3.8, 4) is 17.2 Å². The van der Waals surface area contributed by atoms with Crippen molar-refractivity contribution < 1.29 is 42.4 Å². The average molecular weight is 622 g/mol. The predicted molar refractivity (Wildman–Crippen MR) is 149 cm³/mol. The van der Waals surface area contributed by atoms with Crippen molar-refractivity contribution in [2.75, 3.05) is 13.2 Å². The number of aromatic nitrogens is 1. The molecule has 5 rings (SSSR count). The topological polar surface area (TPSA) is 104 Å². The van der Waals surface area contributed by atoms with E-state index in [1.807, 2.05) is 0 Å². The maximum absolute atomic E-state index is 13.4. The molecule has 0 unspecified atom stereocenters. The first-order valence-electron chi connectivity index (χ1n) is 13.4. The van der Waals surface area contributed by atoms with E-state index in [4.69, 9.17) is 37.4 Å². The van der Waals surface area contributed by atoms with Gasteiger partial charge < -0.3 is 24.1 Å². The van der Waals surface area contributed by atoms with Gasteiger partial charge in [0, 0.05) is 18.8 Å². The number of pyridine rings is 1. The predicted octanol–water partition coefficient (Wildman–Crippen LogP) is 7.41. The molecule has 0 radical (unpaired) electrons. The number of carbonyl (C=O) groups excluding carboxylic acids is 1. The monoisotopic (exact) mass is 621 g/mol. The Morgan fingerprint density at radius 2 is 1.55 bits per heavy atom. The molecule has 0 aliphatic heterocycles. The molecule has 1 atom stereocenters. The Labute approximate surface area is 250 Å². The van der Waals surface area contributed by atoms with Gasteiger partial charge in [0.2, 0.25) is 0 Å². The number of benzene rings is 2. The fourth-order valence-electron chi connectivity index (χ4n) is 4.20. The zero-order valence-corrected chi connectivity index (χ0v) is 23.7. The van der Waals surface area contributed by atoms with Crippen molar-refractivity contribution in [2.45, 2.75) is 44.8 Å². The number of carboxylic acid groups (broad SMARTS) is 1. The van der Waals surface area contributed by atoms with Gasteiger partial charge >= 0.3 is 18.6 Å². The van der Waals surface area contributed by atoms with Crippen molar-refractivity contribution in [3.63, 3.8) is 0 Å². The SMILES string of the molecule is O=C(O[C@@H](Cc1c(Cl)cncc1Cl)c1ccc(OC(F)F)c(OCC2CC2)c1)c1ccc(C(=O)O)c(OCC2CC2)c1. The Kier molecular flexibility index (Phi) is 9.33. The molecule has 1 aromatic heterocycles. The second-order valence-corrected chi connectivity index (χ2v) is 11.1. The van der Waals surface area contributed by atoms with Crippen LogP contribution in [0.25, 0.3) is 0 Å². The first kappa shape index (κ1) is 29.8. The van der Waals surface area contributed by atoms with E-state index in [9.17, 15) is 23.5 Å². The summed E-state index contributed by atoms with van der Waals surface area (Å²) in [4.78, 5) is 29.1.